The minimum absolute atomic E-state index is 0.166. The van der Waals surface area contributed by atoms with E-state index >= 15 is 0 Å². The number of likely N-dealkylation sites (tertiary alicyclic amines) is 1. The lowest BCUT2D eigenvalue weighted by molar-refractivity contribution is -0.127. The van der Waals surface area contributed by atoms with Gasteiger partial charge < -0.3 is 20.3 Å². The zero-order chi connectivity index (χ0) is 16.5. The second-order valence-corrected chi connectivity index (χ2v) is 5.62. The Kier molecular flexibility index (Phi) is 6.72. The first kappa shape index (κ1) is 17.1. The molecule has 1 saturated heterocycles. The molecule has 1 aliphatic rings. The van der Waals surface area contributed by atoms with Gasteiger partial charge in [-0.15, -0.1) is 0 Å². The Morgan fingerprint density at radius 3 is 2.87 bits per heavy atom. The number of carbonyl (C=O) groups excluding carboxylic acids is 2. The summed E-state index contributed by atoms with van der Waals surface area (Å²) < 4.78 is 5.17. The molecule has 0 radical (unpaired) electrons. The molecule has 0 spiro atoms. The van der Waals surface area contributed by atoms with E-state index in [1.54, 1.807) is 7.11 Å². The fourth-order valence-corrected chi connectivity index (χ4v) is 2.62. The fourth-order valence-electron chi connectivity index (χ4n) is 2.62. The summed E-state index contributed by atoms with van der Waals surface area (Å²) in [5.41, 5.74) is 1.12. The second kappa shape index (κ2) is 9.02. The highest BCUT2D eigenvalue weighted by molar-refractivity contribution is 5.78. The third kappa shape index (κ3) is 5.81. The first-order valence-corrected chi connectivity index (χ1v) is 8.11. The number of amides is 3. The summed E-state index contributed by atoms with van der Waals surface area (Å²) in [7, 11) is 1.64. The van der Waals surface area contributed by atoms with Crippen LogP contribution in [-0.2, 0) is 11.2 Å². The van der Waals surface area contributed by atoms with E-state index < -0.39 is 0 Å². The molecule has 0 bridgehead atoms. The lowest BCUT2D eigenvalue weighted by atomic mass is 10.1. The third-order valence-corrected chi connectivity index (χ3v) is 3.90. The number of ether oxygens (including phenoxy) is 1. The Hall–Kier alpha value is -2.24. The number of hydrogen-bond donors (Lipinski definition) is 2. The van der Waals surface area contributed by atoms with Gasteiger partial charge in [0.2, 0.25) is 5.91 Å². The van der Waals surface area contributed by atoms with Gasteiger partial charge in [-0.25, -0.2) is 4.79 Å². The van der Waals surface area contributed by atoms with Gasteiger partial charge in [0.1, 0.15) is 5.75 Å². The summed E-state index contributed by atoms with van der Waals surface area (Å²) in [5.74, 6) is 1.05. The van der Waals surface area contributed by atoms with Crippen LogP contribution < -0.4 is 15.4 Å². The molecule has 0 saturated carbocycles. The summed E-state index contributed by atoms with van der Waals surface area (Å²) in [5, 5.41) is 5.65. The van der Waals surface area contributed by atoms with Crippen molar-refractivity contribution in [3.8, 4) is 5.75 Å². The molecule has 1 heterocycles. The van der Waals surface area contributed by atoms with Crippen LogP contribution >= 0.6 is 0 Å². The van der Waals surface area contributed by atoms with Gasteiger partial charge in [0.15, 0.2) is 0 Å². The van der Waals surface area contributed by atoms with Crippen molar-refractivity contribution in [2.45, 2.75) is 25.7 Å². The summed E-state index contributed by atoms with van der Waals surface area (Å²) >= 11 is 0. The molecule has 1 aliphatic heterocycles. The zero-order valence-corrected chi connectivity index (χ0v) is 13.6. The average Bonchev–Trinajstić information content (AvgIpc) is 2.97. The summed E-state index contributed by atoms with van der Waals surface area (Å²) in [6, 6.07) is 7.64. The van der Waals surface area contributed by atoms with Crippen LogP contribution in [0.1, 0.15) is 24.8 Å². The van der Waals surface area contributed by atoms with Crippen LogP contribution in [0.4, 0.5) is 4.79 Å². The molecular formula is C17H25N3O3. The Bertz CT molecular complexity index is 534. The van der Waals surface area contributed by atoms with Crippen molar-refractivity contribution < 1.29 is 14.3 Å². The highest BCUT2D eigenvalue weighted by Crippen LogP contribution is 2.12. The Morgan fingerprint density at radius 1 is 1.30 bits per heavy atom. The fraction of sp³-hybridized carbons (Fsp3) is 0.529. The molecular weight excluding hydrogens is 294 g/mol. The van der Waals surface area contributed by atoms with E-state index in [2.05, 4.69) is 10.6 Å². The van der Waals surface area contributed by atoms with Crippen molar-refractivity contribution in [1.29, 1.82) is 0 Å². The predicted octanol–water partition coefficient (Wildman–Crippen LogP) is 1.55. The minimum atomic E-state index is -0.166. The number of methoxy groups -OCH3 is 1. The van der Waals surface area contributed by atoms with E-state index in [1.807, 2.05) is 29.2 Å². The van der Waals surface area contributed by atoms with Crippen molar-refractivity contribution in [1.82, 2.24) is 15.5 Å². The van der Waals surface area contributed by atoms with E-state index in [9.17, 15) is 9.59 Å². The maximum atomic E-state index is 11.7. The molecule has 6 nitrogen and oxygen atoms in total. The molecule has 0 atom stereocenters. The Morgan fingerprint density at radius 2 is 2.13 bits per heavy atom. The molecule has 0 unspecified atom stereocenters. The van der Waals surface area contributed by atoms with Gasteiger partial charge in [-0.3, -0.25) is 4.79 Å². The topological polar surface area (TPSA) is 70.7 Å². The monoisotopic (exact) mass is 319 g/mol. The number of rotatable bonds is 8. The smallest absolute Gasteiger partial charge is 0.314 e. The molecule has 1 fully saturated rings. The SMILES string of the molecule is COc1cccc(CCNC(=O)NCCCN2CCCC2=O)c1. The molecule has 3 amide bonds. The molecule has 0 aromatic heterocycles. The Balaban J connectivity index is 1.55. The highest BCUT2D eigenvalue weighted by atomic mass is 16.5. The zero-order valence-electron chi connectivity index (χ0n) is 13.6. The summed E-state index contributed by atoms with van der Waals surface area (Å²) in [6.45, 7) is 2.73. The largest absolute Gasteiger partial charge is 0.497 e. The second-order valence-electron chi connectivity index (χ2n) is 5.62. The molecule has 6 heteroatoms. The summed E-state index contributed by atoms with van der Waals surface area (Å²) in [4.78, 5) is 25.0. The number of nitrogens with zero attached hydrogens (tertiary/aromatic N) is 1. The highest BCUT2D eigenvalue weighted by Gasteiger charge is 2.18. The van der Waals surface area contributed by atoms with Crippen molar-refractivity contribution in [3.05, 3.63) is 29.8 Å². The van der Waals surface area contributed by atoms with Gasteiger partial charge >= 0.3 is 6.03 Å². The molecule has 2 rings (SSSR count). The normalized spacial score (nSPS) is 14.0. The van der Waals surface area contributed by atoms with E-state index in [4.69, 9.17) is 4.74 Å². The number of nitrogens with one attached hydrogen (secondary N) is 2. The minimum Gasteiger partial charge on any atom is -0.497 e. The van der Waals surface area contributed by atoms with Crippen LogP contribution in [0.5, 0.6) is 5.75 Å². The lowest BCUT2D eigenvalue weighted by Crippen LogP contribution is -2.38. The van der Waals surface area contributed by atoms with Gasteiger partial charge in [-0.2, -0.15) is 0 Å². The van der Waals surface area contributed by atoms with Crippen molar-refractivity contribution >= 4 is 11.9 Å². The standard InChI is InChI=1S/C17H25N3O3/c1-23-15-6-2-5-14(13-15)8-10-19-17(22)18-9-4-12-20-11-3-7-16(20)21/h2,5-6,13H,3-4,7-12H2,1H3,(H2,18,19,22). The number of hydrogen-bond acceptors (Lipinski definition) is 3. The average molecular weight is 319 g/mol. The molecule has 126 valence electrons. The first-order valence-electron chi connectivity index (χ1n) is 8.11. The van der Waals surface area contributed by atoms with Gasteiger partial charge in [-0.05, 0) is 37.0 Å². The maximum Gasteiger partial charge on any atom is 0.314 e. The van der Waals surface area contributed by atoms with Crippen molar-refractivity contribution in [2.24, 2.45) is 0 Å². The van der Waals surface area contributed by atoms with Gasteiger partial charge in [0, 0.05) is 32.6 Å². The van der Waals surface area contributed by atoms with Crippen LogP contribution in [0.2, 0.25) is 0 Å². The molecule has 1 aromatic rings. The van der Waals surface area contributed by atoms with Crippen molar-refractivity contribution in [2.75, 3.05) is 33.3 Å². The van der Waals surface area contributed by atoms with Gasteiger partial charge in [0.25, 0.3) is 0 Å². The summed E-state index contributed by atoms with van der Waals surface area (Å²) in [6.07, 6.45) is 3.16. The van der Waals surface area contributed by atoms with Crippen molar-refractivity contribution in [3.63, 3.8) is 0 Å². The first-order chi connectivity index (χ1) is 11.2. The van der Waals surface area contributed by atoms with Crippen LogP contribution in [0, 0.1) is 0 Å². The maximum absolute atomic E-state index is 11.7. The quantitative estimate of drug-likeness (QED) is 0.714. The van der Waals surface area contributed by atoms with Crippen LogP contribution in [0.15, 0.2) is 24.3 Å². The molecule has 0 aliphatic carbocycles. The van der Waals surface area contributed by atoms with E-state index in [0.29, 0.717) is 19.5 Å². The number of benzene rings is 1. The van der Waals surface area contributed by atoms with E-state index in [-0.39, 0.29) is 11.9 Å². The number of urea groups is 1. The number of carbonyl (C=O) groups is 2. The molecule has 1 aromatic carbocycles. The van der Waals surface area contributed by atoms with Crippen LogP contribution in [0.3, 0.4) is 0 Å². The van der Waals surface area contributed by atoms with E-state index in [1.165, 1.54) is 0 Å². The Labute approximate surface area is 137 Å². The van der Waals surface area contributed by atoms with Crippen LogP contribution in [-0.4, -0.2) is 50.1 Å². The third-order valence-electron chi connectivity index (χ3n) is 3.90. The van der Waals surface area contributed by atoms with Gasteiger partial charge in [-0.1, -0.05) is 12.1 Å². The predicted molar refractivity (Wildman–Crippen MR) is 88.5 cm³/mol. The molecule has 2 N–H and O–H groups in total. The molecule has 23 heavy (non-hydrogen) atoms. The van der Waals surface area contributed by atoms with Gasteiger partial charge in [0.05, 0.1) is 7.11 Å². The lowest BCUT2D eigenvalue weighted by Gasteiger charge is -2.15. The van der Waals surface area contributed by atoms with E-state index in [0.717, 1.165) is 43.7 Å². The van der Waals surface area contributed by atoms with Crippen LogP contribution in [0.25, 0.3) is 0 Å².